The summed E-state index contributed by atoms with van der Waals surface area (Å²) in [5, 5.41) is 2.63. The van der Waals surface area contributed by atoms with Crippen LogP contribution in [0, 0.1) is 5.92 Å². The normalized spacial score (nSPS) is 16.1. The summed E-state index contributed by atoms with van der Waals surface area (Å²) in [7, 11) is 0. The number of hydrogen-bond donors (Lipinski definition) is 2. The van der Waals surface area contributed by atoms with Crippen LogP contribution in [0.3, 0.4) is 0 Å². The molecule has 1 heterocycles. The third kappa shape index (κ3) is 5.90. The monoisotopic (exact) mass is 487 g/mol. The quantitative estimate of drug-likeness (QED) is 0.334. The third-order valence-corrected chi connectivity index (χ3v) is 5.86. The molecule has 3 aromatic rings. The van der Waals surface area contributed by atoms with Gasteiger partial charge >= 0.3 is 6.03 Å². The second-order valence-electron chi connectivity index (χ2n) is 8.84. The van der Waals surface area contributed by atoms with Gasteiger partial charge in [0.25, 0.3) is 11.8 Å². The number of carbonyl (C=O) groups is 3. The van der Waals surface area contributed by atoms with Crippen molar-refractivity contribution in [3.05, 3.63) is 90.5 Å². The molecular weight excluding hydrogens is 458 g/mol. The molecule has 2 atom stereocenters. The van der Waals surface area contributed by atoms with Gasteiger partial charge in [0.2, 0.25) is 0 Å². The largest absolute Gasteiger partial charge is 0.491 e. The molecule has 0 unspecified atom stereocenters. The van der Waals surface area contributed by atoms with E-state index in [1.54, 1.807) is 13.8 Å². The van der Waals surface area contributed by atoms with E-state index in [1.807, 2.05) is 84.9 Å². The summed E-state index contributed by atoms with van der Waals surface area (Å²) in [5.41, 5.74) is 5.38. The topological polar surface area (TPSA) is 97.0 Å². The van der Waals surface area contributed by atoms with E-state index in [2.05, 4.69) is 10.8 Å². The van der Waals surface area contributed by atoms with Gasteiger partial charge in [-0.1, -0.05) is 86.6 Å². The highest BCUT2D eigenvalue weighted by atomic mass is 16.7. The predicted molar refractivity (Wildman–Crippen MR) is 135 cm³/mol. The first-order chi connectivity index (χ1) is 17.4. The van der Waals surface area contributed by atoms with Crippen molar-refractivity contribution in [1.29, 1.82) is 0 Å². The fourth-order valence-electron chi connectivity index (χ4n) is 4.02. The van der Waals surface area contributed by atoms with Crippen LogP contribution in [-0.2, 0) is 21.0 Å². The first-order valence-electron chi connectivity index (χ1n) is 11.8. The molecule has 0 bridgehead atoms. The van der Waals surface area contributed by atoms with Crippen LogP contribution in [0.1, 0.15) is 19.4 Å². The molecular formula is C28H29N3O5. The minimum atomic E-state index is -1.02. The molecule has 1 aliphatic rings. The number of ether oxygens (including phenoxy) is 1. The predicted octanol–water partition coefficient (Wildman–Crippen LogP) is 3.93. The number of carbonyl (C=O) groups excluding carboxylic acids is 3. The van der Waals surface area contributed by atoms with Gasteiger partial charge in [0, 0.05) is 0 Å². The molecule has 0 saturated carbocycles. The van der Waals surface area contributed by atoms with E-state index in [0.29, 0.717) is 5.75 Å². The van der Waals surface area contributed by atoms with Crippen molar-refractivity contribution in [3.63, 3.8) is 0 Å². The maximum Gasteiger partial charge on any atom is 0.325 e. The Kier molecular flexibility index (Phi) is 7.97. The van der Waals surface area contributed by atoms with Crippen LogP contribution in [-0.4, -0.2) is 41.4 Å². The first kappa shape index (κ1) is 24.9. The number of imide groups is 1. The van der Waals surface area contributed by atoms with Gasteiger partial charge in [-0.2, -0.15) is 0 Å². The van der Waals surface area contributed by atoms with Gasteiger partial charge < -0.3 is 10.1 Å². The standard InChI is InChI=1S/C28H29N3O5/c1-19(2)25(26(32)30-36-17-20-9-5-3-6-10-20)31-27(33)24(29-28(31)34)18-35-23-15-13-22(14-16-23)21-11-7-4-8-12-21/h3-16,19,24-25H,17-18H2,1-2H3,(H,29,34)(H,30,32)/t24-,25+/m0/s1. The van der Waals surface area contributed by atoms with E-state index in [1.165, 1.54) is 0 Å². The summed E-state index contributed by atoms with van der Waals surface area (Å²) in [6, 6.07) is 24.2. The van der Waals surface area contributed by atoms with Crippen LogP contribution in [0.25, 0.3) is 11.1 Å². The molecule has 0 radical (unpaired) electrons. The zero-order valence-electron chi connectivity index (χ0n) is 20.2. The third-order valence-electron chi connectivity index (χ3n) is 5.86. The number of nitrogens with one attached hydrogen (secondary N) is 2. The molecule has 8 nitrogen and oxygen atoms in total. The molecule has 3 aromatic carbocycles. The maximum absolute atomic E-state index is 13.1. The second-order valence-corrected chi connectivity index (χ2v) is 8.84. The van der Waals surface area contributed by atoms with E-state index in [4.69, 9.17) is 9.57 Å². The lowest BCUT2D eigenvalue weighted by Gasteiger charge is -2.27. The van der Waals surface area contributed by atoms with Crippen molar-refractivity contribution in [2.24, 2.45) is 5.92 Å². The zero-order valence-corrected chi connectivity index (χ0v) is 20.2. The molecule has 0 spiro atoms. The van der Waals surface area contributed by atoms with Crippen molar-refractivity contribution in [1.82, 2.24) is 15.7 Å². The number of amides is 4. The number of rotatable bonds is 10. The number of hydrogen-bond acceptors (Lipinski definition) is 5. The van der Waals surface area contributed by atoms with Crippen molar-refractivity contribution in [3.8, 4) is 16.9 Å². The fraction of sp³-hybridized carbons (Fsp3) is 0.250. The smallest absolute Gasteiger partial charge is 0.325 e. The van der Waals surface area contributed by atoms with Crippen LogP contribution < -0.4 is 15.5 Å². The van der Waals surface area contributed by atoms with Crippen LogP contribution >= 0.6 is 0 Å². The number of nitrogens with zero attached hydrogens (tertiary/aromatic N) is 1. The highest BCUT2D eigenvalue weighted by Crippen LogP contribution is 2.23. The summed E-state index contributed by atoms with van der Waals surface area (Å²) >= 11 is 0. The lowest BCUT2D eigenvalue weighted by molar-refractivity contribution is -0.146. The lowest BCUT2D eigenvalue weighted by Crippen LogP contribution is -2.52. The molecule has 1 fully saturated rings. The van der Waals surface area contributed by atoms with E-state index < -0.39 is 29.9 Å². The molecule has 4 rings (SSSR count). The maximum atomic E-state index is 13.1. The summed E-state index contributed by atoms with van der Waals surface area (Å²) in [6.45, 7) is 3.64. The molecule has 1 aliphatic heterocycles. The number of hydroxylamine groups is 1. The molecule has 36 heavy (non-hydrogen) atoms. The zero-order chi connectivity index (χ0) is 25.5. The van der Waals surface area contributed by atoms with E-state index >= 15 is 0 Å². The Morgan fingerprint density at radius 3 is 2.17 bits per heavy atom. The van der Waals surface area contributed by atoms with Gasteiger partial charge in [0.05, 0.1) is 6.61 Å². The summed E-state index contributed by atoms with van der Waals surface area (Å²) in [5.74, 6) is -0.840. The Labute approximate surface area is 210 Å². The van der Waals surface area contributed by atoms with Crippen LogP contribution in [0.4, 0.5) is 4.79 Å². The second kappa shape index (κ2) is 11.5. The van der Waals surface area contributed by atoms with Crippen molar-refractivity contribution < 1.29 is 24.0 Å². The fourth-order valence-corrected chi connectivity index (χ4v) is 4.02. The summed E-state index contributed by atoms with van der Waals surface area (Å²) in [6.07, 6.45) is 0. The lowest BCUT2D eigenvalue weighted by atomic mass is 10.0. The molecule has 1 saturated heterocycles. The molecule has 4 amide bonds. The van der Waals surface area contributed by atoms with Gasteiger partial charge in [-0.05, 0) is 34.7 Å². The van der Waals surface area contributed by atoms with Gasteiger partial charge in [0.15, 0.2) is 0 Å². The minimum Gasteiger partial charge on any atom is -0.491 e. The minimum absolute atomic E-state index is 0.0529. The SMILES string of the molecule is CC(C)[C@H](C(=O)NOCc1ccccc1)N1C(=O)N[C@@H](COc2ccc(-c3ccccc3)cc2)C1=O. The molecule has 2 N–H and O–H groups in total. The Bertz CT molecular complexity index is 1180. The average Bonchev–Trinajstić information content (AvgIpc) is 3.17. The van der Waals surface area contributed by atoms with Crippen LogP contribution in [0.2, 0.25) is 0 Å². The van der Waals surface area contributed by atoms with Crippen LogP contribution in [0.15, 0.2) is 84.9 Å². The van der Waals surface area contributed by atoms with Gasteiger partial charge in [-0.3, -0.25) is 14.4 Å². The Morgan fingerprint density at radius 2 is 1.53 bits per heavy atom. The average molecular weight is 488 g/mol. The van der Waals surface area contributed by atoms with Gasteiger partial charge in [0.1, 0.15) is 24.4 Å². The van der Waals surface area contributed by atoms with Gasteiger partial charge in [-0.15, -0.1) is 0 Å². The highest BCUT2D eigenvalue weighted by molar-refractivity contribution is 6.07. The molecule has 186 valence electrons. The number of urea groups is 1. The Balaban J connectivity index is 1.34. The van der Waals surface area contributed by atoms with Gasteiger partial charge in [-0.25, -0.2) is 15.2 Å². The van der Waals surface area contributed by atoms with E-state index in [9.17, 15) is 14.4 Å². The molecule has 8 heteroatoms. The van der Waals surface area contributed by atoms with Crippen LogP contribution in [0.5, 0.6) is 5.75 Å². The number of benzene rings is 3. The van der Waals surface area contributed by atoms with Crippen molar-refractivity contribution in [2.75, 3.05) is 6.61 Å². The van der Waals surface area contributed by atoms with Crippen molar-refractivity contribution >= 4 is 17.8 Å². The summed E-state index contributed by atoms with van der Waals surface area (Å²) in [4.78, 5) is 44.9. The van der Waals surface area contributed by atoms with Crippen molar-refractivity contribution in [2.45, 2.75) is 32.5 Å². The molecule has 0 aromatic heterocycles. The Morgan fingerprint density at radius 1 is 0.917 bits per heavy atom. The molecule has 0 aliphatic carbocycles. The summed E-state index contributed by atoms with van der Waals surface area (Å²) < 4.78 is 5.77. The first-order valence-corrected chi connectivity index (χ1v) is 11.8. The Hall–Kier alpha value is -4.17. The van der Waals surface area contributed by atoms with E-state index in [-0.39, 0.29) is 19.1 Å². The van der Waals surface area contributed by atoms with E-state index in [0.717, 1.165) is 21.6 Å². The highest BCUT2D eigenvalue weighted by Gasteiger charge is 2.46.